The van der Waals surface area contributed by atoms with Crippen LogP contribution in [0.3, 0.4) is 0 Å². The zero-order valence-corrected chi connectivity index (χ0v) is 11.1. The molecule has 2 rings (SSSR count). The lowest BCUT2D eigenvalue weighted by atomic mass is 10.1. The highest BCUT2D eigenvalue weighted by molar-refractivity contribution is 9.10. The first-order chi connectivity index (χ1) is 6.89. The Labute approximate surface area is 98.0 Å². The van der Waals surface area contributed by atoms with Crippen molar-refractivity contribution in [2.45, 2.75) is 33.2 Å². The van der Waals surface area contributed by atoms with Gasteiger partial charge in [-0.25, -0.2) is 4.52 Å². The van der Waals surface area contributed by atoms with Crippen LogP contribution in [0.4, 0.5) is 0 Å². The third-order valence-electron chi connectivity index (χ3n) is 2.39. The molecule has 80 valence electrons. The third kappa shape index (κ3) is 1.81. The fraction of sp³-hybridized carbons (Fsp3) is 0.417. The first-order valence-electron chi connectivity index (χ1n) is 5.01. The second kappa shape index (κ2) is 3.34. The van der Waals surface area contributed by atoms with E-state index in [1.807, 2.05) is 17.7 Å². The molecular weight excluding hydrogens is 254 g/mol. The van der Waals surface area contributed by atoms with E-state index in [-0.39, 0.29) is 5.54 Å². The molecule has 0 N–H and O–H groups in total. The normalized spacial score (nSPS) is 12.3. The van der Waals surface area contributed by atoms with Gasteiger partial charge in [0.1, 0.15) is 0 Å². The molecule has 0 spiro atoms. The van der Waals surface area contributed by atoms with E-state index in [4.69, 9.17) is 4.52 Å². The van der Waals surface area contributed by atoms with Gasteiger partial charge >= 0.3 is 0 Å². The number of nitrogens with zero attached hydrogens (tertiary/aromatic N) is 1. The van der Waals surface area contributed by atoms with E-state index in [1.165, 1.54) is 5.39 Å². The van der Waals surface area contributed by atoms with Crippen LogP contribution in [0.1, 0.15) is 26.5 Å². The van der Waals surface area contributed by atoms with E-state index in [2.05, 4.69) is 48.8 Å². The average molecular weight is 269 g/mol. The van der Waals surface area contributed by atoms with Gasteiger partial charge in [-0.05, 0) is 16.9 Å². The second-order valence-corrected chi connectivity index (χ2v) is 5.69. The van der Waals surface area contributed by atoms with Crippen molar-refractivity contribution in [3.05, 3.63) is 28.4 Å². The molecule has 1 aromatic carbocycles. The van der Waals surface area contributed by atoms with Gasteiger partial charge in [0.25, 0.3) is 5.52 Å². The molecule has 0 saturated carbocycles. The number of hydrogen-bond donors (Lipinski definition) is 0. The molecule has 0 amide bonds. The Morgan fingerprint density at radius 1 is 1.27 bits per heavy atom. The van der Waals surface area contributed by atoms with Crippen molar-refractivity contribution in [3.63, 3.8) is 0 Å². The summed E-state index contributed by atoms with van der Waals surface area (Å²) in [6, 6.07) is 6.22. The SMILES string of the molecule is Cc1o[n+](C(C)(C)C)c2ccc(Br)cc12. The molecule has 0 saturated heterocycles. The third-order valence-corrected chi connectivity index (χ3v) is 2.89. The van der Waals surface area contributed by atoms with E-state index in [9.17, 15) is 0 Å². The molecule has 0 radical (unpaired) electrons. The number of aryl methyl sites for hydroxylation is 1. The molecule has 1 heterocycles. The quantitative estimate of drug-likeness (QED) is 0.668. The van der Waals surface area contributed by atoms with Crippen LogP contribution < -0.4 is 4.74 Å². The Morgan fingerprint density at radius 2 is 1.93 bits per heavy atom. The molecule has 0 bridgehead atoms. The lowest BCUT2D eigenvalue weighted by Crippen LogP contribution is -2.48. The molecule has 0 unspecified atom stereocenters. The van der Waals surface area contributed by atoms with Gasteiger partial charge < -0.3 is 0 Å². The highest BCUT2D eigenvalue weighted by Crippen LogP contribution is 2.23. The van der Waals surface area contributed by atoms with Gasteiger partial charge in [-0.1, -0.05) is 15.9 Å². The standard InChI is InChI=1S/C12H15BrNO/c1-8-10-7-9(13)5-6-11(10)14(15-8)12(2,3)4/h5-7H,1-4H3/q+1. The van der Waals surface area contributed by atoms with Crippen LogP contribution in [0.2, 0.25) is 0 Å². The van der Waals surface area contributed by atoms with Gasteiger partial charge in [-0.2, -0.15) is 0 Å². The van der Waals surface area contributed by atoms with E-state index >= 15 is 0 Å². The minimum Gasteiger partial charge on any atom is -0.240 e. The summed E-state index contributed by atoms with van der Waals surface area (Å²) in [6.45, 7) is 8.41. The lowest BCUT2D eigenvalue weighted by Gasteiger charge is -2.06. The highest BCUT2D eigenvalue weighted by Gasteiger charge is 2.31. The van der Waals surface area contributed by atoms with Crippen molar-refractivity contribution in [2.24, 2.45) is 0 Å². The van der Waals surface area contributed by atoms with Crippen molar-refractivity contribution in [1.29, 1.82) is 0 Å². The summed E-state index contributed by atoms with van der Waals surface area (Å²) in [7, 11) is 0. The fourth-order valence-corrected chi connectivity index (χ4v) is 2.06. The van der Waals surface area contributed by atoms with Crippen LogP contribution in [0.25, 0.3) is 10.9 Å². The minimum absolute atomic E-state index is 0.0274. The first-order valence-corrected chi connectivity index (χ1v) is 5.80. The number of aromatic nitrogens is 1. The van der Waals surface area contributed by atoms with Crippen LogP contribution >= 0.6 is 15.9 Å². The topological polar surface area (TPSA) is 17.0 Å². The maximum Gasteiger partial charge on any atom is 0.262 e. The zero-order valence-electron chi connectivity index (χ0n) is 9.47. The first kappa shape index (κ1) is 10.7. The van der Waals surface area contributed by atoms with Gasteiger partial charge in [0.2, 0.25) is 5.54 Å². The van der Waals surface area contributed by atoms with E-state index in [1.54, 1.807) is 0 Å². The predicted octanol–water partition coefficient (Wildman–Crippen LogP) is 3.55. The molecule has 0 atom stereocenters. The molecule has 0 aliphatic heterocycles. The second-order valence-electron chi connectivity index (χ2n) is 4.77. The van der Waals surface area contributed by atoms with Crippen molar-refractivity contribution in [1.82, 2.24) is 0 Å². The van der Waals surface area contributed by atoms with E-state index in [0.717, 1.165) is 15.7 Å². The summed E-state index contributed by atoms with van der Waals surface area (Å²) in [4.78, 5) is 0. The van der Waals surface area contributed by atoms with Crippen molar-refractivity contribution >= 4 is 26.8 Å². The number of halogens is 1. The van der Waals surface area contributed by atoms with Crippen LogP contribution in [-0.2, 0) is 5.54 Å². The molecule has 2 aromatic rings. The summed E-state index contributed by atoms with van der Waals surface area (Å²) in [5.74, 6) is 0.959. The van der Waals surface area contributed by atoms with Crippen LogP contribution in [-0.4, -0.2) is 0 Å². The summed E-state index contributed by atoms with van der Waals surface area (Å²) in [5, 5.41) is 1.17. The fourth-order valence-electron chi connectivity index (χ4n) is 1.70. The Morgan fingerprint density at radius 3 is 2.53 bits per heavy atom. The Hall–Kier alpha value is -0.830. The Balaban J connectivity index is 2.79. The summed E-state index contributed by atoms with van der Waals surface area (Å²) in [6.07, 6.45) is 0. The largest absolute Gasteiger partial charge is 0.262 e. The van der Waals surface area contributed by atoms with Gasteiger partial charge in [0.15, 0.2) is 5.76 Å². The smallest absolute Gasteiger partial charge is 0.240 e. The average Bonchev–Trinajstić information content (AvgIpc) is 2.43. The molecule has 15 heavy (non-hydrogen) atoms. The van der Waals surface area contributed by atoms with Crippen molar-refractivity contribution in [3.8, 4) is 0 Å². The van der Waals surface area contributed by atoms with Gasteiger partial charge in [0.05, 0.1) is 5.39 Å². The number of rotatable bonds is 0. The molecule has 0 aliphatic carbocycles. The number of fused-ring (bicyclic) bond motifs is 1. The van der Waals surface area contributed by atoms with Gasteiger partial charge in [-0.15, -0.1) is 0 Å². The number of hydrogen-bond acceptors (Lipinski definition) is 1. The molecule has 2 nitrogen and oxygen atoms in total. The monoisotopic (exact) mass is 268 g/mol. The van der Waals surface area contributed by atoms with Crippen molar-refractivity contribution in [2.75, 3.05) is 0 Å². The van der Waals surface area contributed by atoms with E-state index in [0.29, 0.717) is 0 Å². The maximum absolute atomic E-state index is 5.78. The maximum atomic E-state index is 5.78. The number of benzene rings is 1. The molecule has 1 aromatic heterocycles. The summed E-state index contributed by atoms with van der Waals surface area (Å²) in [5.41, 5.74) is 1.11. The highest BCUT2D eigenvalue weighted by atomic mass is 79.9. The van der Waals surface area contributed by atoms with Crippen LogP contribution in [0.15, 0.2) is 27.2 Å². The van der Waals surface area contributed by atoms with Crippen molar-refractivity contribution < 1.29 is 9.26 Å². The van der Waals surface area contributed by atoms with Crippen LogP contribution in [0, 0.1) is 6.92 Å². The summed E-state index contributed by atoms with van der Waals surface area (Å²) < 4.78 is 8.83. The zero-order chi connectivity index (χ0) is 11.2. The molecule has 3 heteroatoms. The van der Waals surface area contributed by atoms with E-state index < -0.39 is 0 Å². The van der Waals surface area contributed by atoms with Crippen LogP contribution in [0.5, 0.6) is 0 Å². The Bertz CT molecular complexity index is 508. The van der Waals surface area contributed by atoms with Gasteiger partial charge in [-0.3, -0.25) is 0 Å². The Kier molecular flexibility index (Phi) is 2.38. The minimum atomic E-state index is -0.0274. The molecular formula is C12H15BrNO+. The lowest BCUT2D eigenvalue weighted by molar-refractivity contribution is -0.888. The van der Waals surface area contributed by atoms with Gasteiger partial charge in [0, 0.05) is 38.2 Å². The molecule has 0 fully saturated rings. The molecule has 0 aliphatic rings. The predicted molar refractivity (Wildman–Crippen MR) is 63.8 cm³/mol. The summed E-state index contributed by atoms with van der Waals surface area (Å²) >= 11 is 3.48.